The summed E-state index contributed by atoms with van der Waals surface area (Å²) in [5.74, 6) is -0.846. The molecule has 7 heteroatoms. The molecule has 1 saturated carbocycles. The van der Waals surface area contributed by atoms with Crippen LogP contribution in [0.4, 0.5) is 4.79 Å². The second-order valence-electron chi connectivity index (χ2n) is 9.54. The Bertz CT molecular complexity index is 1000. The monoisotopic (exact) mass is 478 g/mol. The molecule has 2 aliphatic rings. The van der Waals surface area contributed by atoms with Crippen LogP contribution in [0.1, 0.15) is 68.4 Å². The number of hydrogen-bond donors (Lipinski definition) is 3. The molecule has 2 amide bonds. The van der Waals surface area contributed by atoms with E-state index in [0.29, 0.717) is 12.5 Å². The van der Waals surface area contributed by atoms with E-state index in [1.165, 1.54) is 32.1 Å². The van der Waals surface area contributed by atoms with Crippen molar-refractivity contribution in [2.24, 2.45) is 5.92 Å². The van der Waals surface area contributed by atoms with Crippen molar-refractivity contribution in [3.63, 3.8) is 0 Å². The number of carbonyl (C=O) groups is 3. The normalized spacial score (nSPS) is 16.1. The van der Waals surface area contributed by atoms with E-state index in [9.17, 15) is 14.4 Å². The van der Waals surface area contributed by atoms with E-state index in [1.807, 2.05) is 36.4 Å². The van der Waals surface area contributed by atoms with Gasteiger partial charge in [-0.05, 0) is 41.0 Å². The van der Waals surface area contributed by atoms with Gasteiger partial charge in [-0.2, -0.15) is 0 Å². The highest BCUT2D eigenvalue weighted by atomic mass is 16.5. The molecule has 0 radical (unpaired) electrons. The van der Waals surface area contributed by atoms with Gasteiger partial charge in [0.25, 0.3) is 0 Å². The molecule has 0 heterocycles. The number of fused-ring (bicyclic) bond motifs is 3. The van der Waals surface area contributed by atoms with E-state index < -0.39 is 18.1 Å². The molecule has 1 unspecified atom stereocenters. The van der Waals surface area contributed by atoms with E-state index in [4.69, 9.17) is 9.84 Å². The third-order valence-electron chi connectivity index (χ3n) is 7.18. The SMILES string of the molecule is O=C(O)CCC(NC(=O)OCC1c2ccccc2-c2ccccc21)C(=O)NCCC1CCCCC1. The van der Waals surface area contributed by atoms with Crippen molar-refractivity contribution in [2.75, 3.05) is 13.2 Å². The summed E-state index contributed by atoms with van der Waals surface area (Å²) < 4.78 is 5.55. The molecule has 2 aromatic rings. The summed E-state index contributed by atoms with van der Waals surface area (Å²) in [5.41, 5.74) is 4.47. The van der Waals surface area contributed by atoms with Gasteiger partial charge in [0, 0.05) is 18.9 Å². The van der Waals surface area contributed by atoms with Crippen LogP contribution < -0.4 is 10.6 Å². The zero-order valence-electron chi connectivity index (χ0n) is 20.0. The Kier molecular flexibility index (Phi) is 8.40. The number of hydrogen-bond acceptors (Lipinski definition) is 4. The molecular weight excluding hydrogens is 444 g/mol. The van der Waals surface area contributed by atoms with Crippen LogP contribution in [0.25, 0.3) is 11.1 Å². The Balaban J connectivity index is 1.32. The van der Waals surface area contributed by atoms with Gasteiger partial charge >= 0.3 is 12.1 Å². The number of carboxylic acids is 1. The van der Waals surface area contributed by atoms with Crippen molar-refractivity contribution in [3.8, 4) is 11.1 Å². The van der Waals surface area contributed by atoms with Crippen molar-refractivity contribution >= 4 is 18.0 Å². The maximum atomic E-state index is 12.7. The lowest BCUT2D eigenvalue weighted by Crippen LogP contribution is -2.47. The van der Waals surface area contributed by atoms with Crippen LogP contribution in [-0.4, -0.2) is 42.3 Å². The van der Waals surface area contributed by atoms with E-state index >= 15 is 0 Å². The van der Waals surface area contributed by atoms with Crippen LogP contribution >= 0.6 is 0 Å². The standard InChI is InChI=1S/C28H34N2O5/c31-26(32)15-14-25(27(33)29-17-16-19-8-2-1-3-9-19)30-28(34)35-18-24-22-12-6-4-10-20(22)21-11-5-7-13-23(21)24/h4-7,10-13,19,24-25H,1-3,8-9,14-18H2,(H,29,33)(H,30,34)(H,31,32). The second kappa shape index (κ2) is 11.9. The average Bonchev–Trinajstić information content (AvgIpc) is 3.19. The fourth-order valence-electron chi connectivity index (χ4n) is 5.32. The molecule has 0 aliphatic heterocycles. The number of nitrogens with one attached hydrogen (secondary N) is 2. The summed E-state index contributed by atoms with van der Waals surface area (Å²) in [6.45, 7) is 0.661. The maximum Gasteiger partial charge on any atom is 0.407 e. The Morgan fingerprint density at radius 2 is 1.57 bits per heavy atom. The number of ether oxygens (including phenoxy) is 1. The number of benzene rings is 2. The molecule has 0 saturated heterocycles. The fourth-order valence-corrected chi connectivity index (χ4v) is 5.32. The second-order valence-corrected chi connectivity index (χ2v) is 9.54. The molecule has 0 bridgehead atoms. The van der Waals surface area contributed by atoms with Crippen LogP contribution in [0.5, 0.6) is 0 Å². The van der Waals surface area contributed by atoms with Gasteiger partial charge in [0.05, 0.1) is 0 Å². The number of carboxylic acid groups (broad SMARTS) is 1. The van der Waals surface area contributed by atoms with E-state index in [1.54, 1.807) is 0 Å². The number of alkyl carbamates (subject to hydrolysis) is 1. The molecule has 7 nitrogen and oxygen atoms in total. The number of amides is 2. The Morgan fingerprint density at radius 1 is 0.943 bits per heavy atom. The Morgan fingerprint density at radius 3 is 2.20 bits per heavy atom. The molecule has 0 spiro atoms. The molecule has 2 aromatic carbocycles. The largest absolute Gasteiger partial charge is 0.481 e. The molecule has 1 atom stereocenters. The first-order valence-corrected chi connectivity index (χ1v) is 12.6. The minimum Gasteiger partial charge on any atom is -0.481 e. The Hall–Kier alpha value is -3.35. The lowest BCUT2D eigenvalue weighted by molar-refractivity contribution is -0.137. The summed E-state index contributed by atoms with van der Waals surface area (Å²) in [7, 11) is 0. The Labute approximate surface area is 206 Å². The van der Waals surface area contributed by atoms with Gasteiger partial charge in [-0.15, -0.1) is 0 Å². The van der Waals surface area contributed by atoms with Gasteiger partial charge < -0.3 is 20.5 Å². The minimum atomic E-state index is -1.01. The lowest BCUT2D eigenvalue weighted by Gasteiger charge is -2.23. The van der Waals surface area contributed by atoms with Crippen molar-refractivity contribution in [2.45, 2.75) is 63.3 Å². The first-order chi connectivity index (χ1) is 17.0. The summed E-state index contributed by atoms with van der Waals surface area (Å²) in [5, 5.41) is 14.6. The highest BCUT2D eigenvalue weighted by molar-refractivity contribution is 5.86. The summed E-state index contributed by atoms with van der Waals surface area (Å²) in [6, 6.07) is 15.2. The van der Waals surface area contributed by atoms with Gasteiger partial charge in [0.2, 0.25) is 5.91 Å². The van der Waals surface area contributed by atoms with Crippen molar-refractivity contribution in [3.05, 3.63) is 59.7 Å². The summed E-state index contributed by atoms with van der Waals surface area (Å²) in [6.07, 6.45) is 6.12. The van der Waals surface area contributed by atoms with Crippen molar-refractivity contribution < 1.29 is 24.2 Å². The van der Waals surface area contributed by atoms with Crippen LogP contribution in [0.3, 0.4) is 0 Å². The first kappa shape index (κ1) is 24.8. The van der Waals surface area contributed by atoms with Crippen LogP contribution in [0, 0.1) is 5.92 Å². The van der Waals surface area contributed by atoms with Crippen molar-refractivity contribution in [1.29, 1.82) is 0 Å². The molecule has 186 valence electrons. The molecule has 3 N–H and O–H groups in total. The van der Waals surface area contributed by atoms with Gasteiger partial charge in [-0.3, -0.25) is 9.59 Å². The van der Waals surface area contributed by atoms with E-state index in [0.717, 1.165) is 28.7 Å². The topological polar surface area (TPSA) is 105 Å². The lowest BCUT2D eigenvalue weighted by atomic mass is 9.87. The van der Waals surface area contributed by atoms with Gasteiger partial charge in [-0.1, -0.05) is 80.6 Å². The molecule has 4 rings (SSSR count). The van der Waals surface area contributed by atoms with Crippen LogP contribution in [-0.2, 0) is 14.3 Å². The average molecular weight is 479 g/mol. The zero-order chi connectivity index (χ0) is 24.6. The number of carbonyl (C=O) groups excluding carboxylic acids is 2. The molecular formula is C28H34N2O5. The highest BCUT2D eigenvalue weighted by Crippen LogP contribution is 2.44. The van der Waals surface area contributed by atoms with Gasteiger partial charge in [0.1, 0.15) is 12.6 Å². The predicted molar refractivity (Wildman–Crippen MR) is 133 cm³/mol. The van der Waals surface area contributed by atoms with Crippen LogP contribution in [0.15, 0.2) is 48.5 Å². The van der Waals surface area contributed by atoms with E-state index in [2.05, 4.69) is 22.8 Å². The third-order valence-corrected chi connectivity index (χ3v) is 7.18. The fraction of sp³-hybridized carbons (Fsp3) is 0.464. The zero-order valence-corrected chi connectivity index (χ0v) is 20.0. The van der Waals surface area contributed by atoms with Crippen LogP contribution in [0.2, 0.25) is 0 Å². The summed E-state index contributed by atoms with van der Waals surface area (Å²) in [4.78, 5) is 36.5. The summed E-state index contributed by atoms with van der Waals surface area (Å²) >= 11 is 0. The quantitative estimate of drug-likeness (QED) is 0.453. The first-order valence-electron chi connectivity index (χ1n) is 12.6. The van der Waals surface area contributed by atoms with Gasteiger partial charge in [0.15, 0.2) is 0 Å². The smallest absolute Gasteiger partial charge is 0.407 e. The number of rotatable bonds is 10. The third kappa shape index (κ3) is 6.41. The van der Waals surface area contributed by atoms with Gasteiger partial charge in [-0.25, -0.2) is 4.79 Å². The molecule has 0 aromatic heterocycles. The minimum absolute atomic E-state index is 0.00872. The van der Waals surface area contributed by atoms with Crippen molar-refractivity contribution in [1.82, 2.24) is 10.6 Å². The van der Waals surface area contributed by atoms with E-state index in [-0.39, 0.29) is 31.3 Å². The number of aliphatic carboxylic acids is 1. The molecule has 35 heavy (non-hydrogen) atoms. The molecule has 2 aliphatic carbocycles. The highest BCUT2D eigenvalue weighted by Gasteiger charge is 2.30. The predicted octanol–water partition coefficient (Wildman–Crippen LogP) is 4.85. The maximum absolute atomic E-state index is 12.7. The molecule has 1 fully saturated rings.